The summed E-state index contributed by atoms with van der Waals surface area (Å²) in [5.41, 5.74) is 4.52. The maximum Gasteiger partial charge on any atom is 0.313 e. The molecule has 80 valence electrons. The highest BCUT2D eigenvalue weighted by atomic mass is 35.5. The molecule has 0 spiro atoms. The molecule has 0 heterocycles. The lowest BCUT2D eigenvalue weighted by Crippen LogP contribution is -2.13. The molecule has 7 heteroatoms. The highest BCUT2D eigenvalue weighted by Gasteiger charge is 2.22. The van der Waals surface area contributed by atoms with Crippen molar-refractivity contribution < 1.29 is 14.5 Å². The van der Waals surface area contributed by atoms with Crippen LogP contribution in [0.15, 0.2) is 12.1 Å². The standard InChI is InChI=1S/C8H7ClN2O4/c1-15-7-5(8(10)12)2-4(9)3-6(7)11(13)14/h2-3H,1H3,(H2,10,12). The Morgan fingerprint density at radius 3 is 2.60 bits per heavy atom. The van der Waals surface area contributed by atoms with E-state index in [1.54, 1.807) is 0 Å². The van der Waals surface area contributed by atoms with Crippen LogP contribution in [0.25, 0.3) is 0 Å². The van der Waals surface area contributed by atoms with Gasteiger partial charge in [-0.1, -0.05) is 11.6 Å². The van der Waals surface area contributed by atoms with Crippen molar-refractivity contribution in [1.29, 1.82) is 0 Å². The van der Waals surface area contributed by atoms with E-state index in [2.05, 4.69) is 0 Å². The van der Waals surface area contributed by atoms with E-state index in [9.17, 15) is 14.9 Å². The molecule has 1 amide bonds. The second-order valence-corrected chi connectivity index (χ2v) is 3.06. The molecule has 0 radical (unpaired) electrons. The lowest BCUT2D eigenvalue weighted by Gasteiger charge is -2.06. The maximum absolute atomic E-state index is 11.0. The maximum atomic E-state index is 11.0. The molecule has 0 saturated carbocycles. The second kappa shape index (κ2) is 4.14. The van der Waals surface area contributed by atoms with Crippen molar-refractivity contribution in [3.63, 3.8) is 0 Å². The average molecular weight is 231 g/mol. The number of ether oxygens (including phenoxy) is 1. The minimum Gasteiger partial charge on any atom is -0.490 e. The molecule has 1 aromatic carbocycles. The molecule has 0 saturated heterocycles. The third kappa shape index (κ3) is 2.16. The summed E-state index contributed by atoms with van der Waals surface area (Å²) in [7, 11) is 1.21. The predicted octanol–water partition coefficient (Wildman–Crippen LogP) is 1.36. The summed E-state index contributed by atoms with van der Waals surface area (Å²) in [4.78, 5) is 20.9. The Labute approximate surface area is 89.7 Å². The van der Waals surface area contributed by atoms with Gasteiger partial charge in [0.25, 0.3) is 5.91 Å². The van der Waals surface area contributed by atoms with E-state index in [0.29, 0.717) is 0 Å². The SMILES string of the molecule is COc1c(C(N)=O)cc(Cl)cc1[N+](=O)[O-]. The Kier molecular flexibility index (Phi) is 3.11. The first-order valence-corrected chi connectivity index (χ1v) is 4.17. The van der Waals surface area contributed by atoms with Crippen LogP contribution in [0.4, 0.5) is 5.69 Å². The highest BCUT2D eigenvalue weighted by molar-refractivity contribution is 6.31. The number of benzene rings is 1. The molecule has 0 bridgehead atoms. The van der Waals surface area contributed by atoms with Gasteiger partial charge in [0.1, 0.15) is 0 Å². The van der Waals surface area contributed by atoms with E-state index >= 15 is 0 Å². The number of nitrogens with zero attached hydrogens (tertiary/aromatic N) is 1. The number of nitrogens with two attached hydrogens (primary N) is 1. The molecule has 1 rings (SSSR count). The van der Waals surface area contributed by atoms with Crippen molar-refractivity contribution >= 4 is 23.2 Å². The van der Waals surface area contributed by atoms with Crippen molar-refractivity contribution in [2.75, 3.05) is 7.11 Å². The number of rotatable bonds is 3. The molecule has 0 fully saturated rings. The third-order valence-corrected chi connectivity index (χ3v) is 1.92. The van der Waals surface area contributed by atoms with Gasteiger partial charge >= 0.3 is 5.69 Å². The molecule has 0 aromatic heterocycles. The van der Waals surface area contributed by atoms with Gasteiger partial charge in [-0.15, -0.1) is 0 Å². The Morgan fingerprint density at radius 1 is 1.60 bits per heavy atom. The number of nitro benzene ring substituents is 1. The van der Waals surface area contributed by atoms with Gasteiger partial charge < -0.3 is 10.5 Å². The molecule has 15 heavy (non-hydrogen) atoms. The first-order valence-electron chi connectivity index (χ1n) is 3.79. The van der Waals surface area contributed by atoms with E-state index in [-0.39, 0.29) is 22.0 Å². The minimum atomic E-state index is -0.836. The summed E-state index contributed by atoms with van der Waals surface area (Å²) >= 11 is 5.60. The fourth-order valence-electron chi connectivity index (χ4n) is 1.11. The van der Waals surface area contributed by atoms with E-state index < -0.39 is 10.8 Å². The van der Waals surface area contributed by atoms with Crippen LogP contribution in [0.3, 0.4) is 0 Å². The number of methoxy groups -OCH3 is 1. The summed E-state index contributed by atoms with van der Waals surface area (Å²) in [6, 6.07) is 2.31. The number of amides is 1. The van der Waals surface area contributed by atoms with Crippen LogP contribution in [0.2, 0.25) is 5.02 Å². The van der Waals surface area contributed by atoms with Gasteiger partial charge in [0.2, 0.25) is 5.75 Å². The molecule has 0 aliphatic carbocycles. The highest BCUT2D eigenvalue weighted by Crippen LogP contribution is 2.33. The van der Waals surface area contributed by atoms with Gasteiger partial charge in [-0.25, -0.2) is 0 Å². The number of hydrogen-bond acceptors (Lipinski definition) is 4. The quantitative estimate of drug-likeness (QED) is 0.626. The van der Waals surface area contributed by atoms with Crippen LogP contribution < -0.4 is 10.5 Å². The van der Waals surface area contributed by atoms with Gasteiger partial charge in [-0.3, -0.25) is 14.9 Å². The molecule has 1 aromatic rings. The molecule has 0 atom stereocenters. The van der Waals surface area contributed by atoms with E-state index in [1.165, 1.54) is 13.2 Å². The van der Waals surface area contributed by atoms with Gasteiger partial charge in [0, 0.05) is 11.1 Å². The van der Waals surface area contributed by atoms with Crippen molar-refractivity contribution in [2.45, 2.75) is 0 Å². The zero-order valence-corrected chi connectivity index (χ0v) is 8.45. The topological polar surface area (TPSA) is 95.5 Å². The monoisotopic (exact) mass is 230 g/mol. The Morgan fingerprint density at radius 2 is 2.20 bits per heavy atom. The number of nitro groups is 1. The molecule has 0 unspecified atom stereocenters. The Balaban J connectivity index is 3.52. The van der Waals surface area contributed by atoms with E-state index in [0.717, 1.165) is 6.07 Å². The molecule has 6 nitrogen and oxygen atoms in total. The number of carbonyl (C=O) groups is 1. The lowest BCUT2D eigenvalue weighted by molar-refractivity contribution is -0.385. The summed E-state index contributed by atoms with van der Waals surface area (Å²) in [5, 5.41) is 10.7. The zero-order valence-electron chi connectivity index (χ0n) is 7.69. The smallest absolute Gasteiger partial charge is 0.313 e. The number of primary amides is 1. The van der Waals surface area contributed by atoms with Crippen LogP contribution in [0, 0.1) is 10.1 Å². The molecule has 0 aliphatic heterocycles. The molecule has 2 N–H and O–H groups in total. The zero-order chi connectivity index (χ0) is 11.6. The van der Waals surface area contributed by atoms with Crippen molar-refractivity contribution in [3.8, 4) is 5.75 Å². The van der Waals surface area contributed by atoms with Gasteiger partial charge in [-0.2, -0.15) is 0 Å². The fourth-order valence-corrected chi connectivity index (χ4v) is 1.32. The number of halogens is 1. The van der Waals surface area contributed by atoms with Crippen LogP contribution in [0.5, 0.6) is 5.75 Å². The van der Waals surface area contributed by atoms with Crippen LogP contribution in [0.1, 0.15) is 10.4 Å². The fraction of sp³-hybridized carbons (Fsp3) is 0.125. The van der Waals surface area contributed by atoms with Crippen LogP contribution in [-0.4, -0.2) is 17.9 Å². The second-order valence-electron chi connectivity index (χ2n) is 2.63. The van der Waals surface area contributed by atoms with Crippen LogP contribution >= 0.6 is 11.6 Å². The van der Waals surface area contributed by atoms with Crippen molar-refractivity contribution in [1.82, 2.24) is 0 Å². The minimum absolute atomic E-state index is 0.0521. The van der Waals surface area contributed by atoms with Crippen LogP contribution in [-0.2, 0) is 0 Å². The van der Waals surface area contributed by atoms with Gasteiger partial charge in [0.15, 0.2) is 0 Å². The van der Waals surface area contributed by atoms with E-state index in [4.69, 9.17) is 22.1 Å². The average Bonchev–Trinajstić information content (AvgIpc) is 2.16. The summed E-state index contributed by atoms with van der Waals surface area (Å²) in [6.45, 7) is 0. The Hall–Kier alpha value is -1.82. The Bertz CT molecular complexity index is 398. The van der Waals surface area contributed by atoms with Crippen molar-refractivity contribution in [3.05, 3.63) is 32.8 Å². The van der Waals surface area contributed by atoms with E-state index in [1.807, 2.05) is 0 Å². The summed E-state index contributed by atoms with van der Waals surface area (Å²) in [6.07, 6.45) is 0. The van der Waals surface area contributed by atoms with Gasteiger partial charge in [0.05, 0.1) is 17.6 Å². The first-order chi connectivity index (χ1) is 6.97. The molecule has 0 aliphatic rings. The largest absolute Gasteiger partial charge is 0.490 e. The molecular formula is C8H7ClN2O4. The first kappa shape index (κ1) is 11.3. The lowest BCUT2D eigenvalue weighted by atomic mass is 10.1. The normalized spacial score (nSPS) is 9.73. The summed E-state index contributed by atoms with van der Waals surface area (Å²) in [5.74, 6) is -1.02. The molecular weight excluding hydrogens is 224 g/mol. The predicted molar refractivity (Wildman–Crippen MR) is 53.2 cm³/mol. The van der Waals surface area contributed by atoms with Crippen molar-refractivity contribution in [2.24, 2.45) is 5.73 Å². The summed E-state index contributed by atoms with van der Waals surface area (Å²) < 4.78 is 4.75. The number of carbonyl (C=O) groups excluding carboxylic acids is 1. The number of hydrogen-bond donors (Lipinski definition) is 1. The van der Waals surface area contributed by atoms with Gasteiger partial charge in [-0.05, 0) is 6.07 Å². The third-order valence-electron chi connectivity index (χ3n) is 1.70.